The minimum Gasteiger partial charge on any atom is -0.497 e. The third kappa shape index (κ3) is 6.07. The highest BCUT2D eigenvalue weighted by Crippen LogP contribution is 2.19. The van der Waals surface area contributed by atoms with Crippen LogP contribution in [0.1, 0.15) is 22.5 Å². The van der Waals surface area contributed by atoms with Gasteiger partial charge in [0.15, 0.2) is 6.61 Å². The zero-order valence-corrected chi connectivity index (χ0v) is 18.5. The predicted molar refractivity (Wildman–Crippen MR) is 123 cm³/mol. The molecular weight excluding hydrogens is 406 g/mol. The fourth-order valence-electron chi connectivity index (χ4n) is 3.24. The Bertz CT molecular complexity index is 1090. The van der Waals surface area contributed by atoms with Crippen LogP contribution in [0, 0.1) is 13.8 Å². The van der Waals surface area contributed by atoms with Gasteiger partial charge in [-0.2, -0.15) is 5.10 Å². The van der Waals surface area contributed by atoms with E-state index in [1.54, 1.807) is 13.2 Å². The van der Waals surface area contributed by atoms with Crippen molar-refractivity contribution < 1.29 is 19.1 Å². The molecule has 7 heteroatoms. The molecule has 0 saturated heterocycles. The molecule has 0 saturated carbocycles. The summed E-state index contributed by atoms with van der Waals surface area (Å²) in [5.41, 5.74) is 4.57. The summed E-state index contributed by atoms with van der Waals surface area (Å²) in [5, 5.41) is 7.29. The van der Waals surface area contributed by atoms with Gasteiger partial charge in [0, 0.05) is 23.9 Å². The number of aryl methyl sites for hydroxylation is 1. The molecule has 1 aromatic heterocycles. The number of carbonyl (C=O) groups excluding carboxylic acids is 2. The second kappa shape index (κ2) is 10.9. The van der Waals surface area contributed by atoms with Crippen LogP contribution in [0.4, 0.5) is 0 Å². The molecule has 0 radical (unpaired) electrons. The number of nitrogens with one attached hydrogen (secondary N) is 1. The SMILES string of the molecule is COc1ccc(CCNC(=O)COC(=O)/C=C/c2c(C)nn(-c3ccccc3)c2C)cc1. The van der Waals surface area contributed by atoms with Gasteiger partial charge in [-0.1, -0.05) is 30.3 Å². The maximum Gasteiger partial charge on any atom is 0.331 e. The zero-order valence-electron chi connectivity index (χ0n) is 18.5. The second-order valence-electron chi connectivity index (χ2n) is 7.22. The third-order valence-corrected chi connectivity index (χ3v) is 4.97. The number of ether oxygens (including phenoxy) is 2. The molecule has 1 heterocycles. The van der Waals surface area contributed by atoms with Crippen molar-refractivity contribution in [3.63, 3.8) is 0 Å². The number of hydrogen-bond acceptors (Lipinski definition) is 5. The van der Waals surface area contributed by atoms with Crippen molar-refractivity contribution in [3.8, 4) is 11.4 Å². The monoisotopic (exact) mass is 433 g/mol. The second-order valence-corrected chi connectivity index (χ2v) is 7.22. The number of esters is 1. The molecule has 0 fully saturated rings. The van der Waals surface area contributed by atoms with Crippen LogP contribution in [0.3, 0.4) is 0 Å². The van der Waals surface area contributed by atoms with E-state index < -0.39 is 5.97 Å². The van der Waals surface area contributed by atoms with E-state index in [9.17, 15) is 9.59 Å². The number of benzene rings is 2. The van der Waals surface area contributed by atoms with Crippen molar-refractivity contribution in [1.29, 1.82) is 0 Å². The highest BCUT2D eigenvalue weighted by Gasteiger charge is 2.11. The molecule has 32 heavy (non-hydrogen) atoms. The Morgan fingerprint density at radius 2 is 1.78 bits per heavy atom. The minimum atomic E-state index is -0.582. The molecule has 2 aromatic carbocycles. The number of rotatable bonds is 9. The summed E-state index contributed by atoms with van der Waals surface area (Å²) in [6.45, 7) is 3.95. The molecule has 0 aliphatic rings. The highest BCUT2D eigenvalue weighted by atomic mass is 16.5. The minimum absolute atomic E-state index is 0.326. The van der Waals surface area contributed by atoms with Gasteiger partial charge >= 0.3 is 5.97 Å². The Hall–Kier alpha value is -3.87. The molecule has 1 amide bonds. The van der Waals surface area contributed by atoms with E-state index in [1.807, 2.05) is 73.1 Å². The van der Waals surface area contributed by atoms with E-state index in [-0.39, 0.29) is 12.5 Å². The number of carbonyl (C=O) groups is 2. The van der Waals surface area contributed by atoms with Crippen LogP contribution in [0.15, 0.2) is 60.7 Å². The van der Waals surface area contributed by atoms with Crippen LogP contribution in [-0.4, -0.2) is 41.9 Å². The lowest BCUT2D eigenvalue weighted by Crippen LogP contribution is -2.30. The third-order valence-electron chi connectivity index (χ3n) is 4.97. The maximum absolute atomic E-state index is 12.0. The Balaban J connectivity index is 1.46. The predicted octanol–water partition coefficient (Wildman–Crippen LogP) is 3.41. The summed E-state index contributed by atoms with van der Waals surface area (Å²) in [4.78, 5) is 24.0. The maximum atomic E-state index is 12.0. The molecular formula is C25H27N3O4. The first-order valence-electron chi connectivity index (χ1n) is 10.3. The van der Waals surface area contributed by atoms with E-state index in [2.05, 4.69) is 10.4 Å². The average molecular weight is 434 g/mol. The van der Waals surface area contributed by atoms with E-state index in [1.165, 1.54) is 6.08 Å². The highest BCUT2D eigenvalue weighted by molar-refractivity contribution is 5.89. The quantitative estimate of drug-likeness (QED) is 0.413. The lowest BCUT2D eigenvalue weighted by molar-refractivity contribution is -0.143. The van der Waals surface area contributed by atoms with E-state index >= 15 is 0 Å². The standard InChI is InChI=1S/C25H27N3O4/c1-18-23(19(2)28(27-18)21-7-5-4-6-8-21)13-14-25(30)32-17-24(29)26-16-15-20-9-11-22(31-3)12-10-20/h4-14H,15-17H2,1-3H3,(H,26,29)/b14-13+. The first-order valence-corrected chi connectivity index (χ1v) is 10.3. The van der Waals surface area contributed by atoms with Crippen molar-refractivity contribution in [2.24, 2.45) is 0 Å². The van der Waals surface area contributed by atoms with E-state index in [0.717, 1.165) is 34.0 Å². The van der Waals surface area contributed by atoms with Crippen molar-refractivity contribution in [2.45, 2.75) is 20.3 Å². The van der Waals surface area contributed by atoms with Gasteiger partial charge in [-0.15, -0.1) is 0 Å². The fourth-order valence-corrected chi connectivity index (χ4v) is 3.24. The summed E-state index contributed by atoms with van der Waals surface area (Å²) < 4.78 is 12.0. The normalized spacial score (nSPS) is 10.8. The van der Waals surface area contributed by atoms with Crippen molar-refractivity contribution in [2.75, 3.05) is 20.3 Å². The van der Waals surface area contributed by atoms with Crippen LogP contribution < -0.4 is 10.1 Å². The molecule has 1 N–H and O–H groups in total. The van der Waals surface area contributed by atoms with Gasteiger partial charge in [-0.3, -0.25) is 4.79 Å². The zero-order chi connectivity index (χ0) is 22.9. The number of amides is 1. The number of aromatic nitrogens is 2. The molecule has 0 atom stereocenters. The number of methoxy groups -OCH3 is 1. The van der Waals surface area contributed by atoms with Crippen molar-refractivity contribution >= 4 is 18.0 Å². The summed E-state index contributed by atoms with van der Waals surface area (Å²) in [6, 6.07) is 17.4. The van der Waals surface area contributed by atoms with Gasteiger partial charge < -0.3 is 14.8 Å². The summed E-state index contributed by atoms with van der Waals surface area (Å²) in [5.74, 6) is -0.137. The van der Waals surface area contributed by atoms with Crippen LogP contribution in [0.25, 0.3) is 11.8 Å². The first-order chi connectivity index (χ1) is 15.5. The number of para-hydroxylation sites is 1. The molecule has 3 aromatic rings. The number of hydrogen-bond donors (Lipinski definition) is 1. The Morgan fingerprint density at radius 3 is 2.47 bits per heavy atom. The molecule has 3 rings (SSSR count). The van der Waals surface area contributed by atoms with Crippen molar-refractivity contribution in [3.05, 3.63) is 83.2 Å². The topological polar surface area (TPSA) is 82.4 Å². The van der Waals surface area contributed by atoms with Gasteiger partial charge in [0.2, 0.25) is 0 Å². The molecule has 0 spiro atoms. The molecule has 0 bridgehead atoms. The average Bonchev–Trinajstić information content (AvgIpc) is 3.10. The largest absolute Gasteiger partial charge is 0.497 e. The first kappa shape index (κ1) is 22.8. The van der Waals surface area contributed by atoms with Crippen LogP contribution in [0.5, 0.6) is 5.75 Å². The van der Waals surface area contributed by atoms with E-state index in [0.29, 0.717) is 13.0 Å². The molecule has 166 valence electrons. The summed E-state index contributed by atoms with van der Waals surface area (Å²) >= 11 is 0. The Morgan fingerprint density at radius 1 is 1.06 bits per heavy atom. The molecule has 0 unspecified atom stereocenters. The Kier molecular flexibility index (Phi) is 7.80. The fraction of sp³-hybridized carbons (Fsp3) is 0.240. The van der Waals surface area contributed by atoms with Gasteiger partial charge in [-0.25, -0.2) is 9.48 Å². The number of nitrogens with zero attached hydrogens (tertiary/aromatic N) is 2. The van der Waals surface area contributed by atoms with E-state index in [4.69, 9.17) is 9.47 Å². The van der Waals surface area contributed by atoms with Gasteiger partial charge in [0.1, 0.15) is 5.75 Å². The summed E-state index contributed by atoms with van der Waals surface area (Å²) in [7, 11) is 1.62. The molecule has 0 aliphatic heterocycles. The van der Waals surface area contributed by atoms with Gasteiger partial charge in [0.25, 0.3) is 5.91 Å². The van der Waals surface area contributed by atoms with Gasteiger partial charge in [-0.05, 0) is 56.2 Å². The van der Waals surface area contributed by atoms with Crippen molar-refractivity contribution in [1.82, 2.24) is 15.1 Å². The Labute approximate surface area is 187 Å². The smallest absolute Gasteiger partial charge is 0.331 e. The van der Waals surface area contributed by atoms with Gasteiger partial charge in [0.05, 0.1) is 18.5 Å². The van der Waals surface area contributed by atoms with Crippen LogP contribution >= 0.6 is 0 Å². The van der Waals surface area contributed by atoms with Crippen LogP contribution in [-0.2, 0) is 20.7 Å². The summed E-state index contributed by atoms with van der Waals surface area (Å²) in [6.07, 6.45) is 3.66. The lowest BCUT2D eigenvalue weighted by atomic mass is 10.1. The molecule has 0 aliphatic carbocycles. The lowest BCUT2D eigenvalue weighted by Gasteiger charge is -2.06. The molecule has 7 nitrogen and oxygen atoms in total. The van der Waals surface area contributed by atoms with Crippen LogP contribution in [0.2, 0.25) is 0 Å².